The van der Waals surface area contributed by atoms with Gasteiger partial charge in [0, 0.05) is 6.04 Å². The summed E-state index contributed by atoms with van der Waals surface area (Å²) in [6, 6.07) is 4.50. The lowest BCUT2D eigenvalue weighted by Crippen LogP contribution is -2.41. The molecule has 144 valence electrons. The number of carbonyl (C=O) groups excluding carboxylic acids is 1. The van der Waals surface area contributed by atoms with Crippen molar-refractivity contribution in [1.29, 1.82) is 0 Å². The first-order valence-electron chi connectivity index (χ1n) is 7.87. The molecule has 0 bridgehead atoms. The third kappa shape index (κ3) is 4.72. The lowest BCUT2D eigenvalue weighted by atomic mass is 9.93. The van der Waals surface area contributed by atoms with Crippen LogP contribution in [0.4, 0.5) is 29.6 Å². The topological polar surface area (TPSA) is 76.1 Å². The number of halogens is 5. The lowest BCUT2D eigenvalue weighted by Gasteiger charge is -2.25. The van der Waals surface area contributed by atoms with Crippen LogP contribution in [0.3, 0.4) is 0 Å². The van der Waals surface area contributed by atoms with Crippen LogP contribution in [-0.4, -0.2) is 22.1 Å². The van der Waals surface area contributed by atoms with Gasteiger partial charge < -0.3 is 15.4 Å². The Balaban J connectivity index is 1.84. The fraction of sp³-hybridized carbons (Fsp3) is 0.312. The summed E-state index contributed by atoms with van der Waals surface area (Å²) < 4.78 is 44.8. The second-order valence-corrected chi connectivity index (χ2v) is 6.60. The highest BCUT2D eigenvalue weighted by molar-refractivity contribution is 6.39. The maximum absolute atomic E-state index is 13.3. The predicted octanol–water partition coefficient (Wildman–Crippen LogP) is 5.19. The second kappa shape index (κ2) is 7.77. The normalized spacial score (nSPS) is 14.4. The van der Waals surface area contributed by atoms with E-state index in [-0.39, 0.29) is 21.8 Å². The van der Waals surface area contributed by atoms with Gasteiger partial charge in [0.25, 0.3) is 0 Å². The number of ether oxygens (including phenoxy) is 1. The third-order valence-electron chi connectivity index (χ3n) is 3.85. The van der Waals surface area contributed by atoms with Crippen LogP contribution in [0.1, 0.15) is 25.0 Å². The van der Waals surface area contributed by atoms with Crippen LogP contribution in [0.2, 0.25) is 10.0 Å². The van der Waals surface area contributed by atoms with E-state index in [1.165, 1.54) is 12.1 Å². The average molecular weight is 421 g/mol. The van der Waals surface area contributed by atoms with Gasteiger partial charge in [0.05, 0.1) is 21.9 Å². The number of alkyl halides is 3. The van der Waals surface area contributed by atoms with E-state index in [4.69, 9.17) is 27.9 Å². The highest BCUT2D eigenvalue weighted by atomic mass is 35.5. The molecule has 11 heteroatoms. The second-order valence-electron chi connectivity index (χ2n) is 5.79. The quantitative estimate of drug-likeness (QED) is 0.711. The van der Waals surface area contributed by atoms with Crippen molar-refractivity contribution in [3.8, 4) is 5.75 Å². The van der Waals surface area contributed by atoms with E-state index in [0.717, 1.165) is 25.5 Å². The minimum absolute atomic E-state index is 0.0870. The van der Waals surface area contributed by atoms with Gasteiger partial charge in [0.2, 0.25) is 5.95 Å². The molecule has 0 saturated heterocycles. The molecule has 6 nitrogen and oxygen atoms in total. The average Bonchev–Trinajstić information content (AvgIpc) is 2.55. The molecule has 2 aromatic rings. The molecule has 0 spiro atoms. The zero-order valence-electron chi connectivity index (χ0n) is 13.6. The van der Waals surface area contributed by atoms with Crippen molar-refractivity contribution in [2.24, 2.45) is 0 Å². The Labute approximate surface area is 162 Å². The molecular formula is C16H13Cl2F3N4O2. The molecule has 1 aromatic carbocycles. The Morgan fingerprint density at radius 1 is 1.22 bits per heavy atom. The fourth-order valence-corrected chi connectivity index (χ4v) is 2.78. The first kappa shape index (κ1) is 19.5. The number of carbonyl (C=O) groups is 1. The fourth-order valence-electron chi connectivity index (χ4n) is 2.29. The molecule has 1 aliphatic rings. The summed E-state index contributed by atoms with van der Waals surface area (Å²) >= 11 is 11.9. The van der Waals surface area contributed by atoms with Crippen molar-refractivity contribution < 1.29 is 22.7 Å². The van der Waals surface area contributed by atoms with Crippen LogP contribution < -0.4 is 15.4 Å². The Morgan fingerprint density at radius 3 is 2.44 bits per heavy atom. The molecule has 1 heterocycles. The van der Waals surface area contributed by atoms with Gasteiger partial charge in [0.1, 0.15) is 0 Å². The maximum atomic E-state index is 13.3. The summed E-state index contributed by atoms with van der Waals surface area (Å²) in [5.41, 5.74) is -1.24. The van der Waals surface area contributed by atoms with E-state index < -0.39 is 29.7 Å². The number of amides is 1. The number of benzene rings is 1. The van der Waals surface area contributed by atoms with Gasteiger partial charge in [-0.2, -0.15) is 13.2 Å². The number of para-hydroxylation sites is 1. The van der Waals surface area contributed by atoms with Gasteiger partial charge in [-0.15, -0.1) is 0 Å². The van der Waals surface area contributed by atoms with Crippen molar-refractivity contribution in [3.05, 3.63) is 40.1 Å². The Kier molecular flexibility index (Phi) is 5.61. The largest absolute Gasteiger partial charge is 0.437 e. The Morgan fingerprint density at radius 2 is 1.89 bits per heavy atom. The molecule has 1 fully saturated rings. The molecule has 0 aliphatic heterocycles. The summed E-state index contributed by atoms with van der Waals surface area (Å²) in [5.74, 6) is -1.20. The van der Waals surface area contributed by atoms with Crippen molar-refractivity contribution in [1.82, 2.24) is 15.3 Å². The summed E-state index contributed by atoms with van der Waals surface area (Å²) in [7, 11) is 0. The molecule has 2 N–H and O–H groups in total. The van der Waals surface area contributed by atoms with E-state index in [1.54, 1.807) is 6.07 Å². The molecule has 3 rings (SSSR count). The summed E-state index contributed by atoms with van der Waals surface area (Å²) in [4.78, 5) is 18.9. The first-order chi connectivity index (χ1) is 12.7. The van der Waals surface area contributed by atoms with Crippen molar-refractivity contribution in [2.75, 3.05) is 5.32 Å². The number of nitrogens with one attached hydrogen (secondary N) is 2. The number of hydrogen-bond donors (Lipinski definition) is 2. The summed E-state index contributed by atoms with van der Waals surface area (Å²) in [6.45, 7) is 0. The lowest BCUT2D eigenvalue weighted by molar-refractivity contribution is -0.142. The van der Waals surface area contributed by atoms with Gasteiger partial charge in [-0.25, -0.2) is 14.8 Å². The molecule has 27 heavy (non-hydrogen) atoms. The third-order valence-corrected chi connectivity index (χ3v) is 4.48. The van der Waals surface area contributed by atoms with Crippen molar-refractivity contribution >= 4 is 40.9 Å². The van der Waals surface area contributed by atoms with E-state index in [9.17, 15) is 18.0 Å². The molecule has 1 amide bonds. The molecule has 0 radical (unpaired) electrons. The predicted molar refractivity (Wildman–Crippen MR) is 93.6 cm³/mol. The maximum Gasteiger partial charge on any atom is 0.437 e. The zero-order chi connectivity index (χ0) is 19.6. The number of hydrogen-bond acceptors (Lipinski definition) is 5. The number of aromatic nitrogens is 2. The molecule has 1 aromatic heterocycles. The summed E-state index contributed by atoms with van der Waals surface area (Å²) in [6.07, 6.45) is -2.60. The number of nitrogens with zero attached hydrogens (tertiary/aromatic N) is 2. The van der Waals surface area contributed by atoms with Gasteiger partial charge in [-0.1, -0.05) is 29.3 Å². The number of anilines is 2. The van der Waals surface area contributed by atoms with Crippen LogP contribution >= 0.6 is 23.2 Å². The summed E-state index contributed by atoms with van der Waals surface area (Å²) in [5, 5.41) is 5.38. The zero-order valence-corrected chi connectivity index (χ0v) is 15.1. The molecule has 1 aliphatic carbocycles. The minimum Gasteiger partial charge on any atom is -0.406 e. The van der Waals surface area contributed by atoms with Crippen LogP contribution in [0, 0.1) is 0 Å². The van der Waals surface area contributed by atoms with E-state index >= 15 is 0 Å². The molecule has 1 saturated carbocycles. The van der Waals surface area contributed by atoms with Crippen molar-refractivity contribution in [2.45, 2.75) is 31.5 Å². The number of rotatable bonds is 4. The van der Waals surface area contributed by atoms with E-state index in [0.29, 0.717) is 0 Å². The highest BCUT2D eigenvalue weighted by Crippen LogP contribution is 2.37. The van der Waals surface area contributed by atoms with Crippen LogP contribution in [0.25, 0.3) is 0 Å². The van der Waals surface area contributed by atoms with Gasteiger partial charge in [0.15, 0.2) is 11.4 Å². The van der Waals surface area contributed by atoms with E-state index in [1.807, 2.05) is 0 Å². The smallest absolute Gasteiger partial charge is 0.406 e. The molecular weight excluding hydrogens is 408 g/mol. The SMILES string of the molecule is O=C(NC1CCC1)Oc1cnc(Nc2c(Cl)cccc2Cl)nc1C(F)(F)F. The van der Waals surface area contributed by atoms with Crippen LogP contribution in [0.15, 0.2) is 24.4 Å². The van der Waals surface area contributed by atoms with Gasteiger partial charge >= 0.3 is 12.3 Å². The monoisotopic (exact) mass is 420 g/mol. The first-order valence-corrected chi connectivity index (χ1v) is 8.63. The van der Waals surface area contributed by atoms with Gasteiger partial charge in [-0.05, 0) is 31.4 Å². The molecule has 0 unspecified atom stereocenters. The minimum atomic E-state index is -4.87. The molecule has 0 atom stereocenters. The van der Waals surface area contributed by atoms with Crippen LogP contribution in [0.5, 0.6) is 5.75 Å². The van der Waals surface area contributed by atoms with Crippen molar-refractivity contribution in [3.63, 3.8) is 0 Å². The Bertz CT molecular complexity index is 840. The van der Waals surface area contributed by atoms with E-state index in [2.05, 4.69) is 20.6 Å². The Hall–Kier alpha value is -2.26. The van der Waals surface area contributed by atoms with Crippen LogP contribution in [-0.2, 0) is 6.18 Å². The van der Waals surface area contributed by atoms with Gasteiger partial charge in [-0.3, -0.25) is 0 Å². The highest BCUT2D eigenvalue weighted by Gasteiger charge is 2.38. The standard InChI is InChI=1S/C16H13Cl2F3N4O2/c17-9-5-2-6-10(18)12(9)24-14-22-7-11(13(25-14)16(19,20)21)27-15(26)23-8-3-1-4-8/h2,5-8H,1,3-4H2,(H,23,26)(H,22,24,25).